The van der Waals surface area contributed by atoms with E-state index >= 15 is 0 Å². The van der Waals surface area contributed by atoms with Crippen LogP contribution in [0.15, 0.2) is 46.0 Å². The number of carbonyl (C=O) groups excluding carboxylic acids is 1. The van der Waals surface area contributed by atoms with E-state index < -0.39 is 0 Å². The maximum absolute atomic E-state index is 14.0. The van der Waals surface area contributed by atoms with Crippen LogP contribution in [0.5, 0.6) is 11.5 Å². The Hall–Kier alpha value is -2.82. The first-order chi connectivity index (χ1) is 16.1. The molecule has 0 radical (unpaired) electrons. The summed E-state index contributed by atoms with van der Waals surface area (Å²) in [4.78, 5) is 16.5. The van der Waals surface area contributed by atoms with Crippen LogP contribution in [0.2, 0.25) is 5.02 Å². The zero-order valence-electron chi connectivity index (χ0n) is 17.5. The number of thioether (sulfide) groups is 1. The van der Waals surface area contributed by atoms with Gasteiger partial charge in [0.1, 0.15) is 5.82 Å². The highest BCUT2D eigenvalue weighted by Crippen LogP contribution is 2.36. The van der Waals surface area contributed by atoms with Gasteiger partial charge >= 0.3 is 0 Å². The number of nitrogens with zero attached hydrogens (tertiary/aromatic N) is 4. The highest BCUT2D eigenvalue weighted by atomic mass is 35.5. The van der Waals surface area contributed by atoms with Crippen molar-refractivity contribution < 1.29 is 23.1 Å². The van der Waals surface area contributed by atoms with Gasteiger partial charge in [0, 0.05) is 48.9 Å². The lowest BCUT2D eigenvalue weighted by atomic mass is 10.2. The molecule has 1 aromatic heterocycles. The molecule has 2 aliphatic rings. The van der Waals surface area contributed by atoms with Crippen molar-refractivity contribution in [3.63, 3.8) is 0 Å². The number of fused-ring (bicyclic) bond motifs is 1. The number of piperazine rings is 1. The molecule has 2 aliphatic heterocycles. The normalized spacial score (nSPS) is 15.8. The lowest BCUT2D eigenvalue weighted by Gasteiger charge is -2.34. The van der Waals surface area contributed by atoms with Crippen molar-refractivity contribution >= 4 is 29.3 Å². The third-order valence-corrected chi connectivity index (χ3v) is 6.67. The quantitative estimate of drug-likeness (QED) is 0.484. The van der Waals surface area contributed by atoms with Crippen molar-refractivity contribution in [1.82, 2.24) is 20.0 Å². The van der Waals surface area contributed by atoms with Crippen LogP contribution in [0.1, 0.15) is 5.56 Å². The van der Waals surface area contributed by atoms with Gasteiger partial charge in [-0.25, -0.2) is 4.39 Å². The highest BCUT2D eigenvalue weighted by Gasteiger charge is 2.23. The molecule has 1 saturated heterocycles. The van der Waals surface area contributed by atoms with Crippen molar-refractivity contribution in [2.75, 3.05) is 38.7 Å². The van der Waals surface area contributed by atoms with Gasteiger partial charge in [-0.05, 0) is 30.3 Å². The molecule has 0 N–H and O–H groups in total. The third-order valence-electron chi connectivity index (χ3n) is 5.51. The monoisotopic (exact) mass is 490 g/mol. The van der Waals surface area contributed by atoms with Crippen molar-refractivity contribution in [3.8, 4) is 23.0 Å². The minimum absolute atomic E-state index is 0.00796. The van der Waals surface area contributed by atoms with Gasteiger partial charge in [-0.3, -0.25) is 9.69 Å². The van der Waals surface area contributed by atoms with Crippen LogP contribution in [0.25, 0.3) is 11.5 Å². The fraction of sp³-hybridized carbons (Fsp3) is 0.318. The predicted octanol–water partition coefficient (Wildman–Crippen LogP) is 3.69. The Morgan fingerprint density at radius 2 is 1.91 bits per heavy atom. The lowest BCUT2D eigenvalue weighted by Crippen LogP contribution is -2.48. The van der Waals surface area contributed by atoms with Gasteiger partial charge in [0.25, 0.3) is 5.22 Å². The molecule has 8 nitrogen and oxygen atoms in total. The molecule has 1 fully saturated rings. The third kappa shape index (κ3) is 4.92. The molecule has 0 unspecified atom stereocenters. The van der Waals surface area contributed by atoms with Crippen LogP contribution in [-0.2, 0) is 11.3 Å². The first-order valence-corrected chi connectivity index (χ1v) is 11.7. The summed E-state index contributed by atoms with van der Waals surface area (Å²) < 4.78 is 30.4. The molecule has 1 amide bonds. The van der Waals surface area contributed by atoms with Gasteiger partial charge in [-0.1, -0.05) is 29.4 Å². The second-order valence-electron chi connectivity index (χ2n) is 7.59. The van der Waals surface area contributed by atoms with Crippen molar-refractivity contribution in [2.45, 2.75) is 11.8 Å². The van der Waals surface area contributed by atoms with E-state index in [2.05, 4.69) is 15.1 Å². The summed E-state index contributed by atoms with van der Waals surface area (Å²) in [6, 6.07) is 10.1. The number of hydrogen-bond acceptors (Lipinski definition) is 8. The summed E-state index contributed by atoms with van der Waals surface area (Å²) in [6.45, 7) is 3.05. The fourth-order valence-corrected chi connectivity index (χ4v) is 4.58. The van der Waals surface area contributed by atoms with Crippen molar-refractivity contribution in [2.24, 2.45) is 0 Å². The van der Waals surface area contributed by atoms with E-state index in [1.165, 1.54) is 17.8 Å². The number of hydrogen-bond donors (Lipinski definition) is 0. The average Bonchev–Trinajstić information content (AvgIpc) is 3.49. The molecule has 0 aliphatic carbocycles. The molecule has 0 saturated carbocycles. The molecular formula is C22H20ClFN4O4S. The Labute approximate surface area is 198 Å². The van der Waals surface area contributed by atoms with Gasteiger partial charge in [0.2, 0.25) is 18.6 Å². The van der Waals surface area contributed by atoms with Crippen LogP contribution in [0, 0.1) is 5.82 Å². The average molecular weight is 491 g/mol. The number of halogens is 2. The molecule has 33 heavy (non-hydrogen) atoms. The van der Waals surface area contributed by atoms with Crippen LogP contribution >= 0.6 is 23.4 Å². The molecule has 2 aromatic carbocycles. The van der Waals surface area contributed by atoms with Gasteiger partial charge in [-0.15, -0.1) is 10.2 Å². The van der Waals surface area contributed by atoms with E-state index in [0.717, 1.165) is 5.56 Å². The number of carbonyl (C=O) groups is 1. The van der Waals surface area contributed by atoms with Crippen LogP contribution < -0.4 is 9.47 Å². The second kappa shape index (κ2) is 9.58. The topological polar surface area (TPSA) is 80.9 Å². The van der Waals surface area contributed by atoms with Crippen molar-refractivity contribution in [3.05, 3.63) is 52.8 Å². The van der Waals surface area contributed by atoms with Gasteiger partial charge in [0.15, 0.2) is 11.5 Å². The standard InChI is InChI=1S/C22H20ClFN4O4S/c23-16-2-1-3-17(24)15(16)11-27-6-8-28(9-7-27)20(29)12-33-22-26-25-21(32-22)14-4-5-18-19(10-14)31-13-30-18/h1-5,10H,6-9,11-13H2. The van der Waals surface area contributed by atoms with Crippen LogP contribution in [0.3, 0.4) is 0 Å². The number of amides is 1. The first kappa shape index (κ1) is 22.0. The summed E-state index contributed by atoms with van der Waals surface area (Å²) in [5.74, 6) is 1.54. The van der Waals surface area contributed by atoms with Gasteiger partial charge in [0.05, 0.1) is 5.75 Å². The largest absolute Gasteiger partial charge is 0.454 e. The Morgan fingerprint density at radius 3 is 2.73 bits per heavy atom. The molecular weight excluding hydrogens is 471 g/mol. The number of rotatable bonds is 6. The number of ether oxygens (including phenoxy) is 2. The Balaban J connectivity index is 1.11. The molecule has 172 valence electrons. The number of aromatic nitrogens is 2. The summed E-state index contributed by atoms with van der Waals surface area (Å²) in [5.41, 5.74) is 1.21. The molecule has 5 rings (SSSR count). The van der Waals surface area contributed by atoms with E-state index in [0.29, 0.717) is 65.9 Å². The van der Waals surface area contributed by atoms with Crippen molar-refractivity contribution in [1.29, 1.82) is 0 Å². The first-order valence-electron chi connectivity index (χ1n) is 10.4. The molecule has 11 heteroatoms. The van der Waals surface area contributed by atoms with E-state index in [1.807, 2.05) is 6.07 Å². The predicted molar refractivity (Wildman–Crippen MR) is 120 cm³/mol. The Bertz CT molecular complexity index is 1150. The Morgan fingerprint density at radius 1 is 1.09 bits per heavy atom. The summed E-state index contributed by atoms with van der Waals surface area (Å²) >= 11 is 7.33. The summed E-state index contributed by atoms with van der Waals surface area (Å²) in [5, 5.41) is 8.83. The van der Waals surface area contributed by atoms with E-state index in [9.17, 15) is 9.18 Å². The lowest BCUT2D eigenvalue weighted by molar-refractivity contribution is -0.130. The van der Waals surface area contributed by atoms with E-state index in [1.54, 1.807) is 29.2 Å². The maximum atomic E-state index is 14.0. The molecule has 0 atom stereocenters. The van der Waals surface area contributed by atoms with Gasteiger partial charge in [-0.2, -0.15) is 0 Å². The summed E-state index contributed by atoms with van der Waals surface area (Å²) in [6.07, 6.45) is 0. The minimum atomic E-state index is -0.308. The molecule has 0 bridgehead atoms. The molecule has 3 aromatic rings. The van der Waals surface area contributed by atoms with E-state index in [-0.39, 0.29) is 24.3 Å². The zero-order valence-corrected chi connectivity index (χ0v) is 19.1. The molecule has 0 spiro atoms. The SMILES string of the molecule is O=C(CSc1nnc(-c2ccc3c(c2)OCO3)o1)N1CCN(Cc2c(F)cccc2Cl)CC1. The number of benzene rings is 2. The maximum Gasteiger partial charge on any atom is 0.277 e. The van der Waals surface area contributed by atoms with E-state index in [4.69, 9.17) is 25.5 Å². The summed E-state index contributed by atoms with van der Waals surface area (Å²) in [7, 11) is 0. The van der Waals surface area contributed by atoms with Crippen LogP contribution in [-0.4, -0.2) is 64.6 Å². The fourth-order valence-electron chi connectivity index (χ4n) is 3.69. The highest BCUT2D eigenvalue weighted by molar-refractivity contribution is 7.99. The second-order valence-corrected chi connectivity index (χ2v) is 8.92. The Kier molecular flexibility index (Phi) is 6.39. The molecule has 3 heterocycles. The van der Waals surface area contributed by atoms with Gasteiger partial charge < -0.3 is 18.8 Å². The van der Waals surface area contributed by atoms with Crippen LogP contribution in [0.4, 0.5) is 4.39 Å². The minimum Gasteiger partial charge on any atom is -0.454 e. The smallest absolute Gasteiger partial charge is 0.277 e. The zero-order chi connectivity index (χ0) is 22.8.